The number of anilines is 2. The van der Waals surface area contributed by atoms with Crippen LogP contribution in [0.3, 0.4) is 0 Å². The Balaban J connectivity index is 1.48. The summed E-state index contributed by atoms with van der Waals surface area (Å²) in [4.78, 5) is 18.6. The predicted octanol–water partition coefficient (Wildman–Crippen LogP) is 1.32. The molecular formula is C16H22N6O2. The summed E-state index contributed by atoms with van der Waals surface area (Å²) in [5.41, 5.74) is 0.663. The lowest BCUT2D eigenvalue weighted by Gasteiger charge is -2.27. The highest BCUT2D eigenvalue weighted by Crippen LogP contribution is 2.15. The first-order valence-corrected chi connectivity index (χ1v) is 8.04. The molecule has 2 aromatic rings. The average molecular weight is 330 g/mol. The highest BCUT2D eigenvalue weighted by Gasteiger charge is 2.13. The number of urea groups is 1. The second-order valence-electron chi connectivity index (χ2n) is 5.73. The molecular weight excluding hydrogens is 308 g/mol. The molecule has 1 aliphatic heterocycles. The molecule has 0 radical (unpaired) electrons. The molecule has 0 saturated carbocycles. The molecule has 0 aromatic carbocycles. The van der Waals surface area contributed by atoms with Gasteiger partial charge in [-0.2, -0.15) is 5.10 Å². The van der Waals surface area contributed by atoms with E-state index < -0.39 is 0 Å². The van der Waals surface area contributed by atoms with Gasteiger partial charge in [-0.1, -0.05) is 0 Å². The highest BCUT2D eigenvalue weighted by atomic mass is 16.5. The Labute approximate surface area is 140 Å². The van der Waals surface area contributed by atoms with Gasteiger partial charge in [0.2, 0.25) is 0 Å². The minimum absolute atomic E-state index is 0.0366. The third-order valence-corrected chi connectivity index (χ3v) is 3.74. The molecule has 2 aromatic heterocycles. The summed E-state index contributed by atoms with van der Waals surface area (Å²) >= 11 is 0. The van der Waals surface area contributed by atoms with Crippen LogP contribution in [0.2, 0.25) is 0 Å². The first-order valence-electron chi connectivity index (χ1n) is 8.04. The molecule has 3 heterocycles. The number of nitrogens with one attached hydrogen (secondary N) is 2. The van der Waals surface area contributed by atoms with Crippen molar-refractivity contribution >= 4 is 17.5 Å². The van der Waals surface area contributed by atoms with E-state index in [1.54, 1.807) is 17.1 Å². The quantitative estimate of drug-likeness (QED) is 0.864. The Morgan fingerprint density at radius 2 is 2.21 bits per heavy atom. The Morgan fingerprint density at radius 3 is 2.88 bits per heavy atom. The molecule has 0 unspecified atom stereocenters. The van der Waals surface area contributed by atoms with Gasteiger partial charge in [-0.15, -0.1) is 0 Å². The third kappa shape index (κ3) is 4.45. The Hall–Kier alpha value is -2.61. The maximum absolute atomic E-state index is 12.0. The molecule has 1 aliphatic rings. The van der Waals surface area contributed by atoms with E-state index in [1.165, 1.54) is 0 Å². The van der Waals surface area contributed by atoms with E-state index in [0.29, 0.717) is 12.2 Å². The van der Waals surface area contributed by atoms with Crippen molar-refractivity contribution in [2.45, 2.75) is 19.5 Å². The highest BCUT2D eigenvalue weighted by molar-refractivity contribution is 5.89. The SMILES string of the molecule is C[C@H](Cn1cccn1)NC(=O)Nc1ccc(N2CCOCC2)nc1. The summed E-state index contributed by atoms with van der Waals surface area (Å²) in [7, 11) is 0. The van der Waals surface area contributed by atoms with E-state index in [4.69, 9.17) is 4.74 Å². The van der Waals surface area contributed by atoms with Crippen molar-refractivity contribution in [3.8, 4) is 0 Å². The van der Waals surface area contributed by atoms with Crippen LogP contribution in [-0.2, 0) is 11.3 Å². The van der Waals surface area contributed by atoms with Gasteiger partial charge in [-0.25, -0.2) is 9.78 Å². The van der Waals surface area contributed by atoms with Crippen molar-refractivity contribution < 1.29 is 9.53 Å². The molecule has 0 aliphatic carbocycles. The number of rotatable bonds is 5. The van der Waals surface area contributed by atoms with Crippen LogP contribution in [0.15, 0.2) is 36.8 Å². The molecule has 2 N–H and O–H groups in total. The lowest BCUT2D eigenvalue weighted by atomic mass is 10.3. The van der Waals surface area contributed by atoms with Crippen LogP contribution in [0.4, 0.5) is 16.3 Å². The van der Waals surface area contributed by atoms with Gasteiger partial charge in [0.05, 0.1) is 31.6 Å². The van der Waals surface area contributed by atoms with Gasteiger partial charge in [-0.05, 0) is 25.1 Å². The van der Waals surface area contributed by atoms with Gasteiger partial charge in [0, 0.05) is 31.5 Å². The maximum Gasteiger partial charge on any atom is 0.319 e. The van der Waals surface area contributed by atoms with Gasteiger partial charge in [0.15, 0.2) is 0 Å². The van der Waals surface area contributed by atoms with E-state index in [0.717, 1.165) is 32.1 Å². The number of morpholine rings is 1. The molecule has 8 heteroatoms. The van der Waals surface area contributed by atoms with E-state index in [9.17, 15) is 4.79 Å². The number of amides is 2. The summed E-state index contributed by atoms with van der Waals surface area (Å²) < 4.78 is 7.11. The fraction of sp³-hybridized carbons (Fsp3) is 0.438. The monoisotopic (exact) mass is 330 g/mol. The standard InChI is InChI=1S/C16H22N6O2/c1-13(12-22-6-2-5-18-22)19-16(23)20-14-3-4-15(17-11-14)21-7-9-24-10-8-21/h2-6,11,13H,7-10,12H2,1H3,(H2,19,20,23)/t13-/m1/s1. The predicted molar refractivity (Wildman–Crippen MR) is 91.1 cm³/mol. The van der Waals surface area contributed by atoms with E-state index in [2.05, 4.69) is 25.6 Å². The molecule has 128 valence electrons. The summed E-state index contributed by atoms with van der Waals surface area (Å²) in [5, 5.41) is 9.80. The summed E-state index contributed by atoms with van der Waals surface area (Å²) in [5.74, 6) is 0.899. The molecule has 2 amide bonds. The summed E-state index contributed by atoms with van der Waals surface area (Å²) in [6.45, 7) is 5.67. The van der Waals surface area contributed by atoms with Crippen molar-refractivity contribution in [1.82, 2.24) is 20.1 Å². The van der Waals surface area contributed by atoms with E-state index in [1.807, 2.05) is 31.3 Å². The Morgan fingerprint density at radius 1 is 1.38 bits per heavy atom. The van der Waals surface area contributed by atoms with Crippen LogP contribution in [0.5, 0.6) is 0 Å². The number of carbonyl (C=O) groups excluding carboxylic acids is 1. The molecule has 1 atom stereocenters. The second kappa shape index (κ2) is 7.78. The van der Waals surface area contributed by atoms with Crippen LogP contribution < -0.4 is 15.5 Å². The normalized spacial score (nSPS) is 15.8. The maximum atomic E-state index is 12.0. The average Bonchev–Trinajstić information content (AvgIpc) is 3.09. The number of nitrogens with zero attached hydrogens (tertiary/aromatic N) is 4. The van der Waals surface area contributed by atoms with E-state index in [-0.39, 0.29) is 12.1 Å². The largest absolute Gasteiger partial charge is 0.378 e. The molecule has 3 rings (SSSR count). The first-order chi connectivity index (χ1) is 11.7. The van der Waals surface area contributed by atoms with Crippen LogP contribution in [-0.4, -0.2) is 53.1 Å². The Kier molecular flexibility index (Phi) is 5.27. The lowest BCUT2D eigenvalue weighted by Crippen LogP contribution is -2.38. The number of hydrogen-bond acceptors (Lipinski definition) is 5. The topological polar surface area (TPSA) is 84.3 Å². The smallest absolute Gasteiger partial charge is 0.319 e. The summed E-state index contributed by atoms with van der Waals surface area (Å²) in [6, 6.07) is 5.33. The Bertz CT molecular complexity index is 637. The zero-order chi connectivity index (χ0) is 16.8. The number of ether oxygens (including phenoxy) is 1. The summed E-state index contributed by atoms with van der Waals surface area (Å²) in [6.07, 6.45) is 5.25. The number of aromatic nitrogens is 3. The van der Waals surface area contributed by atoms with Gasteiger partial charge in [0.25, 0.3) is 0 Å². The zero-order valence-electron chi connectivity index (χ0n) is 13.7. The fourth-order valence-corrected chi connectivity index (χ4v) is 2.57. The minimum atomic E-state index is -0.254. The van der Waals surface area contributed by atoms with Gasteiger partial charge >= 0.3 is 6.03 Å². The van der Waals surface area contributed by atoms with Crippen molar-refractivity contribution in [1.29, 1.82) is 0 Å². The second-order valence-corrected chi connectivity index (χ2v) is 5.73. The zero-order valence-corrected chi connectivity index (χ0v) is 13.7. The lowest BCUT2D eigenvalue weighted by molar-refractivity contribution is 0.122. The minimum Gasteiger partial charge on any atom is -0.378 e. The molecule has 0 bridgehead atoms. The van der Waals surface area contributed by atoms with Crippen LogP contribution in [0, 0.1) is 0 Å². The number of carbonyl (C=O) groups is 1. The van der Waals surface area contributed by atoms with Crippen molar-refractivity contribution in [2.75, 3.05) is 36.5 Å². The third-order valence-electron chi connectivity index (χ3n) is 3.74. The molecule has 1 saturated heterocycles. The van der Waals surface area contributed by atoms with Crippen LogP contribution >= 0.6 is 0 Å². The number of hydrogen-bond donors (Lipinski definition) is 2. The van der Waals surface area contributed by atoms with Crippen molar-refractivity contribution in [3.05, 3.63) is 36.8 Å². The van der Waals surface area contributed by atoms with Crippen LogP contribution in [0.1, 0.15) is 6.92 Å². The molecule has 0 spiro atoms. The molecule has 8 nitrogen and oxygen atoms in total. The van der Waals surface area contributed by atoms with Crippen LogP contribution in [0.25, 0.3) is 0 Å². The molecule has 24 heavy (non-hydrogen) atoms. The van der Waals surface area contributed by atoms with Gasteiger partial charge in [0.1, 0.15) is 5.82 Å². The van der Waals surface area contributed by atoms with Crippen molar-refractivity contribution in [3.63, 3.8) is 0 Å². The van der Waals surface area contributed by atoms with Gasteiger partial charge < -0.3 is 20.3 Å². The first kappa shape index (κ1) is 16.3. The van der Waals surface area contributed by atoms with Crippen molar-refractivity contribution in [2.24, 2.45) is 0 Å². The fourth-order valence-electron chi connectivity index (χ4n) is 2.57. The van der Waals surface area contributed by atoms with E-state index >= 15 is 0 Å². The molecule has 1 fully saturated rings. The number of pyridine rings is 1. The van der Waals surface area contributed by atoms with Gasteiger partial charge in [-0.3, -0.25) is 4.68 Å².